The fraction of sp³-hybridized carbons (Fsp3) is 0.500. The first-order chi connectivity index (χ1) is 7.15. The lowest BCUT2D eigenvalue weighted by Gasteiger charge is -2.12. The second kappa shape index (κ2) is 6.11. The molecule has 0 fully saturated rings. The summed E-state index contributed by atoms with van der Waals surface area (Å²) in [6.45, 7) is 2.74. The predicted molar refractivity (Wildman–Crippen MR) is 66.0 cm³/mol. The van der Waals surface area contributed by atoms with Crippen LogP contribution in [0.15, 0.2) is 18.2 Å². The van der Waals surface area contributed by atoms with Crippen molar-refractivity contribution < 1.29 is 0 Å². The van der Waals surface area contributed by atoms with Crippen LogP contribution < -0.4 is 11.5 Å². The van der Waals surface area contributed by atoms with E-state index in [1.54, 1.807) is 0 Å². The van der Waals surface area contributed by atoms with Gasteiger partial charge in [0.15, 0.2) is 0 Å². The van der Waals surface area contributed by atoms with Crippen molar-refractivity contribution in [2.45, 2.75) is 32.2 Å². The normalized spacial score (nSPS) is 12.8. The Kier molecular flexibility index (Phi) is 5.09. The SMILES string of the molecule is Cc1cc([C@@H](N)CCCCN)ccc1Cl. The van der Waals surface area contributed by atoms with Crippen LogP contribution in [0.4, 0.5) is 0 Å². The first-order valence-electron chi connectivity index (χ1n) is 5.37. The smallest absolute Gasteiger partial charge is 0.0435 e. The van der Waals surface area contributed by atoms with Crippen LogP contribution in [-0.2, 0) is 0 Å². The zero-order chi connectivity index (χ0) is 11.3. The number of hydrogen-bond donors (Lipinski definition) is 2. The third-order valence-corrected chi connectivity index (χ3v) is 3.00. The highest BCUT2D eigenvalue weighted by Gasteiger charge is 2.06. The molecule has 0 spiro atoms. The molecule has 0 heterocycles. The Morgan fingerprint density at radius 1 is 1.33 bits per heavy atom. The summed E-state index contributed by atoms with van der Waals surface area (Å²) in [5.74, 6) is 0. The highest BCUT2D eigenvalue weighted by atomic mass is 35.5. The van der Waals surface area contributed by atoms with E-state index in [9.17, 15) is 0 Å². The predicted octanol–water partition coefficient (Wildman–Crippen LogP) is 2.78. The summed E-state index contributed by atoms with van der Waals surface area (Å²) >= 11 is 5.95. The molecule has 0 aromatic heterocycles. The Bertz CT molecular complexity index is 312. The minimum Gasteiger partial charge on any atom is -0.330 e. The number of rotatable bonds is 5. The van der Waals surface area contributed by atoms with E-state index in [2.05, 4.69) is 6.07 Å². The van der Waals surface area contributed by atoms with Crippen molar-refractivity contribution in [2.75, 3.05) is 6.54 Å². The summed E-state index contributed by atoms with van der Waals surface area (Å²) < 4.78 is 0. The summed E-state index contributed by atoms with van der Waals surface area (Å²) in [4.78, 5) is 0. The van der Waals surface area contributed by atoms with Crippen LogP contribution in [0.1, 0.15) is 36.4 Å². The molecule has 1 rings (SSSR count). The lowest BCUT2D eigenvalue weighted by atomic mass is 10.0. The molecule has 0 aliphatic carbocycles. The number of halogens is 1. The van der Waals surface area contributed by atoms with E-state index in [1.165, 1.54) is 0 Å². The van der Waals surface area contributed by atoms with Crippen LogP contribution in [-0.4, -0.2) is 6.54 Å². The van der Waals surface area contributed by atoms with Gasteiger partial charge in [-0.2, -0.15) is 0 Å². The highest BCUT2D eigenvalue weighted by Crippen LogP contribution is 2.22. The van der Waals surface area contributed by atoms with Crippen molar-refractivity contribution in [2.24, 2.45) is 11.5 Å². The van der Waals surface area contributed by atoms with Gasteiger partial charge in [-0.25, -0.2) is 0 Å². The highest BCUT2D eigenvalue weighted by molar-refractivity contribution is 6.31. The van der Waals surface area contributed by atoms with Gasteiger partial charge in [-0.15, -0.1) is 0 Å². The van der Waals surface area contributed by atoms with E-state index in [1.807, 2.05) is 19.1 Å². The van der Waals surface area contributed by atoms with Gasteiger partial charge in [-0.3, -0.25) is 0 Å². The van der Waals surface area contributed by atoms with E-state index < -0.39 is 0 Å². The van der Waals surface area contributed by atoms with Crippen molar-refractivity contribution >= 4 is 11.6 Å². The summed E-state index contributed by atoms with van der Waals surface area (Å²) in [7, 11) is 0. The molecule has 1 aromatic rings. The lowest BCUT2D eigenvalue weighted by Crippen LogP contribution is -2.11. The third-order valence-electron chi connectivity index (χ3n) is 2.58. The van der Waals surface area contributed by atoms with Gasteiger partial charge >= 0.3 is 0 Å². The van der Waals surface area contributed by atoms with Crippen LogP contribution in [0.3, 0.4) is 0 Å². The van der Waals surface area contributed by atoms with Crippen molar-refractivity contribution in [3.63, 3.8) is 0 Å². The van der Waals surface area contributed by atoms with Crippen molar-refractivity contribution in [1.82, 2.24) is 0 Å². The quantitative estimate of drug-likeness (QED) is 0.759. The number of nitrogens with two attached hydrogens (primary N) is 2. The van der Waals surface area contributed by atoms with Crippen LogP contribution in [0.5, 0.6) is 0 Å². The van der Waals surface area contributed by atoms with Crippen LogP contribution in [0.2, 0.25) is 5.02 Å². The molecule has 84 valence electrons. The minimum absolute atomic E-state index is 0.104. The second-order valence-electron chi connectivity index (χ2n) is 3.90. The molecule has 0 unspecified atom stereocenters. The molecule has 0 amide bonds. The molecule has 1 aromatic carbocycles. The minimum atomic E-state index is 0.104. The summed E-state index contributed by atoms with van der Waals surface area (Å²) in [6.07, 6.45) is 3.11. The zero-order valence-electron chi connectivity index (χ0n) is 9.17. The first-order valence-corrected chi connectivity index (χ1v) is 5.74. The molecule has 4 N–H and O–H groups in total. The van der Waals surface area contributed by atoms with E-state index in [4.69, 9.17) is 23.1 Å². The van der Waals surface area contributed by atoms with Gasteiger partial charge in [0.25, 0.3) is 0 Å². The summed E-state index contributed by atoms with van der Waals surface area (Å²) in [6, 6.07) is 6.08. The van der Waals surface area contributed by atoms with Crippen LogP contribution in [0.25, 0.3) is 0 Å². The largest absolute Gasteiger partial charge is 0.330 e. The Morgan fingerprint density at radius 2 is 2.07 bits per heavy atom. The van der Waals surface area contributed by atoms with E-state index in [0.717, 1.165) is 42.0 Å². The number of unbranched alkanes of at least 4 members (excludes halogenated alkanes) is 1. The van der Waals surface area contributed by atoms with Crippen LogP contribution in [0, 0.1) is 6.92 Å². The van der Waals surface area contributed by atoms with Crippen molar-refractivity contribution in [3.8, 4) is 0 Å². The van der Waals surface area contributed by atoms with Gasteiger partial charge in [0.2, 0.25) is 0 Å². The molecule has 0 aliphatic heterocycles. The molecule has 2 nitrogen and oxygen atoms in total. The molecule has 0 radical (unpaired) electrons. The van der Waals surface area contributed by atoms with E-state index in [0.29, 0.717) is 0 Å². The monoisotopic (exact) mass is 226 g/mol. The van der Waals surface area contributed by atoms with Gasteiger partial charge in [0.1, 0.15) is 0 Å². The Morgan fingerprint density at radius 3 is 2.67 bits per heavy atom. The first kappa shape index (κ1) is 12.5. The maximum atomic E-state index is 6.07. The van der Waals surface area contributed by atoms with Crippen LogP contribution >= 0.6 is 11.6 Å². The van der Waals surface area contributed by atoms with Crippen molar-refractivity contribution in [3.05, 3.63) is 34.3 Å². The lowest BCUT2D eigenvalue weighted by molar-refractivity contribution is 0.591. The molecular formula is C12H19ClN2. The summed E-state index contributed by atoms with van der Waals surface area (Å²) in [5.41, 5.74) is 13.8. The van der Waals surface area contributed by atoms with E-state index >= 15 is 0 Å². The van der Waals surface area contributed by atoms with Gasteiger partial charge in [-0.1, -0.05) is 30.2 Å². The Hall–Kier alpha value is -0.570. The average Bonchev–Trinajstić information content (AvgIpc) is 2.22. The summed E-state index contributed by atoms with van der Waals surface area (Å²) in [5, 5.41) is 0.799. The zero-order valence-corrected chi connectivity index (χ0v) is 9.93. The number of benzene rings is 1. The maximum absolute atomic E-state index is 6.07. The molecule has 15 heavy (non-hydrogen) atoms. The third kappa shape index (κ3) is 3.82. The number of hydrogen-bond acceptors (Lipinski definition) is 2. The topological polar surface area (TPSA) is 52.0 Å². The maximum Gasteiger partial charge on any atom is 0.0435 e. The van der Waals surface area contributed by atoms with Gasteiger partial charge in [0, 0.05) is 11.1 Å². The van der Waals surface area contributed by atoms with Gasteiger partial charge < -0.3 is 11.5 Å². The Balaban J connectivity index is 2.57. The Labute approximate surface area is 96.6 Å². The number of aryl methyl sites for hydroxylation is 1. The standard InChI is InChI=1S/C12H19ClN2/c1-9-8-10(5-6-11(9)13)12(15)4-2-3-7-14/h5-6,8,12H,2-4,7,14-15H2,1H3/t12-/m0/s1. The molecular weight excluding hydrogens is 208 g/mol. The van der Waals surface area contributed by atoms with Crippen molar-refractivity contribution in [1.29, 1.82) is 0 Å². The molecule has 0 saturated carbocycles. The molecule has 0 saturated heterocycles. The molecule has 0 bridgehead atoms. The molecule has 0 aliphatic rings. The van der Waals surface area contributed by atoms with Gasteiger partial charge in [-0.05, 0) is 43.5 Å². The molecule has 3 heteroatoms. The molecule has 1 atom stereocenters. The van der Waals surface area contributed by atoms with Gasteiger partial charge in [0.05, 0.1) is 0 Å². The van der Waals surface area contributed by atoms with E-state index in [-0.39, 0.29) is 6.04 Å². The fourth-order valence-corrected chi connectivity index (χ4v) is 1.69. The average molecular weight is 227 g/mol. The second-order valence-corrected chi connectivity index (χ2v) is 4.31. The fourth-order valence-electron chi connectivity index (χ4n) is 1.57.